The van der Waals surface area contributed by atoms with Gasteiger partial charge in [0.25, 0.3) is 5.91 Å². The highest BCUT2D eigenvalue weighted by Gasteiger charge is 2.60. The normalized spacial score (nSPS) is 28.1. The fraction of sp³-hybridized carbons (Fsp3) is 0.391. The number of amides is 2. The first kappa shape index (κ1) is 17.4. The Hall–Kier alpha value is -2.66. The predicted octanol–water partition coefficient (Wildman–Crippen LogP) is 3.87. The second kappa shape index (κ2) is 7.06. The number of imide groups is 1. The van der Waals surface area contributed by atoms with E-state index in [-0.39, 0.29) is 23.9 Å². The van der Waals surface area contributed by atoms with Crippen LogP contribution in [0.1, 0.15) is 43.7 Å². The highest BCUT2D eigenvalue weighted by Crippen LogP contribution is 2.47. The van der Waals surface area contributed by atoms with Crippen molar-refractivity contribution >= 4 is 17.5 Å². The molecule has 2 aliphatic heterocycles. The summed E-state index contributed by atoms with van der Waals surface area (Å²) >= 11 is 0. The van der Waals surface area contributed by atoms with E-state index in [0.717, 1.165) is 36.9 Å². The highest BCUT2D eigenvalue weighted by molar-refractivity contribution is 6.08. The molecule has 5 nitrogen and oxygen atoms in total. The Morgan fingerprint density at radius 2 is 1.43 bits per heavy atom. The molecule has 144 valence electrons. The van der Waals surface area contributed by atoms with Crippen LogP contribution in [0.15, 0.2) is 60.7 Å². The van der Waals surface area contributed by atoms with Crippen molar-refractivity contribution in [2.24, 2.45) is 5.92 Å². The van der Waals surface area contributed by atoms with E-state index in [1.807, 2.05) is 60.7 Å². The van der Waals surface area contributed by atoms with E-state index >= 15 is 0 Å². The van der Waals surface area contributed by atoms with E-state index in [1.165, 1.54) is 11.3 Å². The number of likely N-dealkylation sites (tertiary alicyclic amines) is 1. The van der Waals surface area contributed by atoms with Gasteiger partial charge in [0.05, 0.1) is 11.7 Å². The highest BCUT2D eigenvalue weighted by atomic mass is 16.7. The largest absolute Gasteiger partial charge is 0.277 e. The molecule has 0 spiro atoms. The Morgan fingerprint density at radius 3 is 2.11 bits per heavy atom. The van der Waals surface area contributed by atoms with Crippen molar-refractivity contribution in [1.29, 1.82) is 0 Å². The van der Waals surface area contributed by atoms with Crippen LogP contribution in [0.4, 0.5) is 5.69 Å². The van der Waals surface area contributed by atoms with Crippen LogP contribution >= 0.6 is 0 Å². The summed E-state index contributed by atoms with van der Waals surface area (Å²) in [7, 11) is 0. The lowest BCUT2D eigenvalue weighted by Gasteiger charge is -2.33. The topological polar surface area (TPSA) is 49.9 Å². The van der Waals surface area contributed by atoms with Crippen LogP contribution in [-0.2, 0) is 14.4 Å². The maximum Gasteiger partial charge on any atom is 0.262 e. The molecule has 2 heterocycles. The third-order valence-electron chi connectivity index (χ3n) is 6.24. The molecule has 2 aromatic carbocycles. The summed E-state index contributed by atoms with van der Waals surface area (Å²) in [6.45, 7) is 0. The summed E-state index contributed by atoms with van der Waals surface area (Å²) in [5.41, 5.74) is 1.85. The van der Waals surface area contributed by atoms with E-state index in [9.17, 15) is 9.59 Å². The fourth-order valence-electron chi connectivity index (χ4n) is 4.92. The van der Waals surface area contributed by atoms with Gasteiger partial charge in [0.15, 0.2) is 6.10 Å². The Morgan fingerprint density at radius 1 is 0.786 bits per heavy atom. The Bertz CT molecular complexity index is 864. The number of para-hydroxylation sites is 1. The van der Waals surface area contributed by atoms with Crippen molar-refractivity contribution in [2.75, 3.05) is 5.06 Å². The third kappa shape index (κ3) is 2.73. The summed E-state index contributed by atoms with van der Waals surface area (Å²) < 4.78 is 0. The second-order valence-corrected chi connectivity index (χ2v) is 7.91. The van der Waals surface area contributed by atoms with Crippen LogP contribution in [0, 0.1) is 5.92 Å². The van der Waals surface area contributed by atoms with Crippen LogP contribution in [0.5, 0.6) is 0 Å². The molecule has 5 heteroatoms. The number of nitrogens with zero attached hydrogens (tertiary/aromatic N) is 2. The van der Waals surface area contributed by atoms with Crippen LogP contribution in [0.25, 0.3) is 0 Å². The van der Waals surface area contributed by atoms with Gasteiger partial charge in [-0.05, 0) is 30.5 Å². The molecule has 0 N–H and O–H groups in total. The van der Waals surface area contributed by atoms with E-state index in [4.69, 9.17) is 4.84 Å². The zero-order valence-electron chi connectivity index (χ0n) is 15.7. The minimum atomic E-state index is -0.736. The van der Waals surface area contributed by atoms with Gasteiger partial charge in [-0.3, -0.25) is 19.3 Å². The molecule has 0 unspecified atom stereocenters. The van der Waals surface area contributed by atoms with Crippen LogP contribution in [-0.4, -0.2) is 28.9 Å². The van der Waals surface area contributed by atoms with Gasteiger partial charge in [0.2, 0.25) is 5.91 Å². The smallest absolute Gasteiger partial charge is 0.262 e. The first-order chi connectivity index (χ1) is 13.8. The lowest BCUT2D eigenvalue weighted by molar-refractivity contribution is -0.146. The maximum atomic E-state index is 13.5. The van der Waals surface area contributed by atoms with Gasteiger partial charge in [-0.2, -0.15) is 0 Å². The standard InChI is InChI=1S/C23H24N2O3/c26-22-19-20(16-10-4-1-5-11-16)25(18-14-8-3-9-15-18)28-21(19)23(27)24(22)17-12-6-2-7-13-17/h1,3-5,8-11,14-15,17,19-21H,2,6-7,12-13H2/t19-,20+,21+/m0/s1. The summed E-state index contributed by atoms with van der Waals surface area (Å²) in [5, 5.41) is 1.76. The van der Waals surface area contributed by atoms with E-state index < -0.39 is 12.0 Å². The van der Waals surface area contributed by atoms with Crippen LogP contribution in [0.3, 0.4) is 0 Å². The summed E-state index contributed by atoms with van der Waals surface area (Å²) in [6.07, 6.45) is 4.43. The lowest BCUT2D eigenvalue weighted by Crippen LogP contribution is -2.44. The first-order valence-electron chi connectivity index (χ1n) is 10.2. The number of hydrogen-bond donors (Lipinski definition) is 0. The van der Waals surface area contributed by atoms with Crippen molar-refractivity contribution in [3.05, 3.63) is 66.2 Å². The predicted molar refractivity (Wildman–Crippen MR) is 105 cm³/mol. The van der Waals surface area contributed by atoms with E-state index in [0.29, 0.717) is 0 Å². The zero-order chi connectivity index (χ0) is 19.1. The molecule has 5 rings (SSSR count). The van der Waals surface area contributed by atoms with Crippen molar-refractivity contribution < 1.29 is 14.4 Å². The number of benzene rings is 2. The molecule has 0 aromatic heterocycles. The SMILES string of the molecule is O=C1[C@H]2[C@@H](c3ccccc3)N(c3ccccc3)O[C@H]2C(=O)N1C1CCCCC1. The monoisotopic (exact) mass is 376 g/mol. The summed E-state index contributed by atoms with van der Waals surface area (Å²) in [5.74, 6) is -0.743. The van der Waals surface area contributed by atoms with Gasteiger partial charge in [-0.1, -0.05) is 67.8 Å². The molecule has 3 fully saturated rings. The van der Waals surface area contributed by atoms with E-state index in [2.05, 4.69) is 0 Å². The molecule has 2 aromatic rings. The lowest BCUT2D eigenvalue weighted by atomic mass is 9.90. The van der Waals surface area contributed by atoms with Gasteiger partial charge in [0, 0.05) is 6.04 Å². The molecule has 3 aliphatic rings. The quantitative estimate of drug-likeness (QED) is 0.763. The molecule has 28 heavy (non-hydrogen) atoms. The minimum absolute atomic E-state index is 0.0320. The number of hydrogen-bond acceptors (Lipinski definition) is 4. The average molecular weight is 376 g/mol. The maximum absolute atomic E-state index is 13.5. The fourth-order valence-corrected chi connectivity index (χ4v) is 4.92. The molecule has 1 aliphatic carbocycles. The number of carbonyl (C=O) groups is 2. The molecule has 0 bridgehead atoms. The second-order valence-electron chi connectivity index (χ2n) is 7.91. The average Bonchev–Trinajstić information content (AvgIpc) is 3.26. The van der Waals surface area contributed by atoms with Crippen LogP contribution < -0.4 is 5.06 Å². The first-order valence-corrected chi connectivity index (χ1v) is 10.2. The molecular weight excluding hydrogens is 352 g/mol. The van der Waals surface area contributed by atoms with Gasteiger partial charge < -0.3 is 0 Å². The molecule has 1 saturated carbocycles. The number of hydroxylamine groups is 1. The van der Waals surface area contributed by atoms with Crippen molar-refractivity contribution in [2.45, 2.75) is 50.3 Å². The Kier molecular flexibility index (Phi) is 4.40. The Labute approximate surface area is 164 Å². The van der Waals surface area contributed by atoms with E-state index in [1.54, 1.807) is 5.06 Å². The van der Waals surface area contributed by atoms with Gasteiger partial charge in [-0.15, -0.1) is 0 Å². The number of rotatable bonds is 3. The van der Waals surface area contributed by atoms with Gasteiger partial charge in [-0.25, -0.2) is 5.06 Å². The number of anilines is 1. The minimum Gasteiger partial charge on any atom is -0.277 e. The molecule has 2 amide bonds. The zero-order valence-corrected chi connectivity index (χ0v) is 15.7. The number of carbonyl (C=O) groups excluding carboxylic acids is 2. The van der Waals surface area contributed by atoms with Crippen molar-refractivity contribution in [1.82, 2.24) is 4.90 Å². The van der Waals surface area contributed by atoms with Gasteiger partial charge >= 0.3 is 0 Å². The van der Waals surface area contributed by atoms with Gasteiger partial charge in [0.1, 0.15) is 5.92 Å². The summed E-state index contributed by atoms with van der Waals surface area (Å²) in [6, 6.07) is 19.3. The Balaban J connectivity index is 1.53. The molecule has 3 atom stereocenters. The third-order valence-corrected chi connectivity index (χ3v) is 6.24. The number of fused-ring (bicyclic) bond motifs is 1. The summed E-state index contributed by atoms with van der Waals surface area (Å²) in [4.78, 5) is 34.4. The van der Waals surface area contributed by atoms with Crippen LogP contribution in [0.2, 0.25) is 0 Å². The van der Waals surface area contributed by atoms with Crippen molar-refractivity contribution in [3.8, 4) is 0 Å². The van der Waals surface area contributed by atoms with Crippen molar-refractivity contribution in [3.63, 3.8) is 0 Å². The molecular formula is C23H24N2O3. The molecule has 2 saturated heterocycles. The molecule has 0 radical (unpaired) electrons.